The summed E-state index contributed by atoms with van der Waals surface area (Å²) in [5, 5.41) is 19.5. The van der Waals surface area contributed by atoms with E-state index < -0.39 is 11.9 Å². The predicted octanol–water partition coefficient (Wildman–Crippen LogP) is 1.25. The molecule has 0 aromatic carbocycles. The summed E-state index contributed by atoms with van der Waals surface area (Å²) >= 11 is 0. The van der Waals surface area contributed by atoms with E-state index in [-0.39, 0.29) is 6.04 Å². The summed E-state index contributed by atoms with van der Waals surface area (Å²) in [7, 11) is 0. The van der Waals surface area contributed by atoms with Crippen LogP contribution < -0.4 is 5.32 Å². The monoisotopic (exact) mass is 229 g/mol. The summed E-state index contributed by atoms with van der Waals surface area (Å²) in [5.41, 5.74) is 0.389. The van der Waals surface area contributed by atoms with Crippen molar-refractivity contribution in [1.29, 1.82) is 0 Å². The lowest BCUT2D eigenvalue weighted by atomic mass is 10.1. The van der Waals surface area contributed by atoms with E-state index in [0.29, 0.717) is 5.57 Å². The van der Waals surface area contributed by atoms with Crippen LogP contribution in [0.15, 0.2) is 11.6 Å². The maximum atomic E-state index is 10.3. The predicted molar refractivity (Wildman–Crippen MR) is 60.3 cm³/mol. The zero-order valence-corrected chi connectivity index (χ0v) is 9.69. The Balaban J connectivity index is 0.000000293. The lowest BCUT2D eigenvalue weighted by Gasteiger charge is -2.18. The summed E-state index contributed by atoms with van der Waals surface area (Å²) in [5.74, 6) is -1.56. The second-order valence-electron chi connectivity index (χ2n) is 3.62. The van der Waals surface area contributed by atoms with Gasteiger partial charge >= 0.3 is 11.9 Å². The first-order valence-corrected chi connectivity index (χ1v) is 5.31. The molecule has 92 valence electrons. The fourth-order valence-corrected chi connectivity index (χ4v) is 1.19. The van der Waals surface area contributed by atoms with Gasteiger partial charge in [-0.15, -0.1) is 0 Å². The van der Waals surface area contributed by atoms with Gasteiger partial charge in [0.2, 0.25) is 0 Å². The molecule has 16 heavy (non-hydrogen) atoms. The molecule has 5 heteroatoms. The SMILES string of the molecule is C/C=C(\C)C(=O)O.O=C(O)C1CCCCN1. The Bertz CT molecular complexity index is 267. The third kappa shape index (κ3) is 6.19. The van der Waals surface area contributed by atoms with Gasteiger partial charge in [-0.05, 0) is 33.2 Å². The molecule has 1 aliphatic rings. The summed E-state index contributed by atoms with van der Waals surface area (Å²) in [6, 6.07) is -0.279. The first kappa shape index (κ1) is 14.6. The summed E-state index contributed by atoms with van der Waals surface area (Å²) in [4.78, 5) is 20.2. The molecule has 5 nitrogen and oxygen atoms in total. The van der Waals surface area contributed by atoms with E-state index in [1.165, 1.54) is 0 Å². The topological polar surface area (TPSA) is 86.6 Å². The molecule has 0 aromatic heterocycles. The van der Waals surface area contributed by atoms with Crippen LogP contribution in [0.25, 0.3) is 0 Å². The molecule has 0 spiro atoms. The van der Waals surface area contributed by atoms with E-state index in [1.807, 2.05) is 0 Å². The molecule has 1 aliphatic heterocycles. The molecule has 0 saturated carbocycles. The Kier molecular flexibility index (Phi) is 7.20. The molecule has 1 saturated heterocycles. The van der Waals surface area contributed by atoms with E-state index in [4.69, 9.17) is 10.2 Å². The molecule has 1 fully saturated rings. The number of carboxylic acids is 2. The first-order valence-electron chi connectivity index (χ1n) is 5.31. The Hall–Kier alpha value is -1.36. The molecule has 1 heterocycles. The van der Waals surface area contributed by atoms with E-state index in [2.05, 4.69) is 5.32 Å². The van der Waals surface area contributed by atoms with Crippen molar-refractivity contribution in [3.8, 4) is 0 Å². The molecule has 0 aliphatic carbocycles. The van der Waals surface area contributed by atoms with E-state index in [0.717, 1.165) is 25.8 Å². The van der Waals surface area contributed by atoms with Crippen molar-refractivity contribution in [2.24, 2.45) is 0 Å². The van der Waals surface area contributed by atoms with Gasteiger partial charge in [0.15, 0.2) is 0 Å². The number of hydrogen-bond donors (Lipinski definition) is 3. The van der Waals surface area contributed by atoms with Crippen molar-refractivity contribution in [2.45, 2.75) is 39.2 Å². The Morgan fingerprint density at radius 2 is 1.94 bits per heavy atom. The Morgan fingerprint density at radius 3 is 2.12 bits per heavy atom. The van der Waals surface area contributed by atoms with Crippen LogP contribution in [-0.4, -0.2) is 34.7 Å². The van der Waals surface area contributed by atoms with Gasteiger partial charge in [0.05, 0.1) is 0 Å². The number of piperidine rings is 1. The van der Waals surface area contributed by atoms with Gasteiger partial charge < -0.3 is 15.5 Å². The fourth-order valence-electron chi connectivity index (χ4n) is 1.19. The fraction of sp³-hybridized carbons (Fsp3) is 0.636. The maximum Gasteiger partial charge on any atom is 0.330 e. The minimum Gasteiger partial charge on any atom is -0.480 e. The van der Waals surface area contributed by atoms with E-state index in [1.54, 1.807) is 19.9 Å². The van der Waals surface area contributed by atoms with Crippen LogP contribution in [0.2, 0.25) is 0 Å². The van der Waals surface area contributed by atoms with Crippen LogP contribution >= 0.6 is 0 Å². The van der Waals surface area contributed by atoms with Gasteiger partial charge in [-0.3, -0.25) is 4.79 Å². The quantitative estimate of drug-likeness (QED) is 0.620. The lowest BCUT2D eigenvalue weighted by molar-refractivity contribution is -0.140. The highest BCUT2D eigenvalue weighted by Crippen LogP contribution is 2.05. The van der Waals surface area contributed by atoms with Crippen molar-refractivity contribution < 1.29 is 19.8 Å². The summed E-state index contributed by atoms with van der Waals surface area (Å²) < 4.78 is 0. The highest BCUT2D eigenvalue weighted by atomic mass is 16.4. The number of allylic oxidation sites excluding steroid dienone is 1. The molecule has 1 atom stereocenters. The third-order valence-corrected chi connectivity index (χ3v) is 2.38. The van der Waals surface area contributed by atoms with Crippen LogP contribution in [0, 0.1) is 0 Å². The largest absolute Gasteiger partial charge is 0.480 e. The van der Waals surface area contributed by atoms with E-state index >= 15 is 0 Å². The van der Waals surface area contributed by atoms with Crippen molar-refractivity contribution in [1.82, 2.24) is 5.32 Å². The highest BCUT2D eigenvalue weighted by Gasteiger charge is 2.18. The Morgan fingerprint density at radius 1 is 1.31 bits per heavy atom. The van der Waals surface area contributed by atoms with Gasteiger partial charge in [-0.25, -0.2) is 4.79 Å². The number of carboxylic acid groups (broad SMARTS) is 2. The van der Waals surface area contributed by atoms with Gasteiger partial charge in [-0.1, -0.05) is 12.5 Å². The number of nitrogens with one attached hydrogen (secondary N) is 1. The number of rotatable bonds is 2. The highest BCUT2D eigenvalue weighted by molar-refractivity contribution is 5.85. The molecule has 0 aromatic rings. The van der Waals surface area contributed by atoms with Gasteiger partial charge in [0.1, 0.15) is 6.04 Å². The van der Waals surface area contributed by atoms with Crippen LogP contribution in [0.1, 0.15) is 33.1 Å². The van der Waals surface area contributed by atoms with Crippen LogP contribution in [0.4, 0.5) is 0 Å². The second-order valence-corrected chi connectivity index (χ2v) is 3.62. The lowest BCUT2D eigenvalue weighted by Crippen LogP contribution is -2.40. The average molecular weight is 229 g/mol. The van der Waals surface area contributed by atoms with Crippen LogP contribution in [-0.2, 0) is 9.59 Å². The average Bonchev–Trinajstić information content (AvgIpc) is 2.29. The van der Waals surface area contributed by atoms with Crippen LogP contribution in [0.5, 0.6) is 0 Å². The number of aliphatic carboxylic acids is 2. The van der Waals surface area contributed by atoms with Crippen molar-refractivity contribution in [3.05, 3.63) is 11.6 Å². The zero-order valence-electron chi connectivity index (χ0n) is 9.69. The minimum atomic E-state index is -0.845. The zero-order chi connectivity index (χ0) is 12.6. The number of carbonyl (C=O) groups is 2. The summed E-state index contributed by atoms with van der Waals surface area (Å²) in [6.45, 7) is 4.11. The number of hydrogen-bond acceptors (Lipinski definition) is 3. The smallest absolute Gasteiger partial charge is 0.330 e. The maximum absolute atomic E-state index is 10.3. The third-order valence-electron chi connectivity index (χ3n) is 2.38. The van der Waals surface area contributed by atoms with Crippen molar-refractivity contribution >= 4 is 11.9 Å². The molecular formula is C11H19NO4. The first-order chi connectivity index (χ1) is 7.49. The second kappa shape index (κ2) is 7.87. The standard InChI is InChI=1S/C6H11NO2.C5H8O2/c8-6(9)5-3-1-2-4-7-5;1-3-4(2)5(6)7/h5,7H,1-4H2,(H,8,9);3H,1-2H3,(H,6,7)/b;4-3+. The van der Waals surface area contributed by atoms with Crippen molar-refractivity contribution in [3.63, 3.8) is 0 Å². The molecule has 1 unspecified atom stereocenters. The van der Waals surface area contributed by atoms with Crippen molar-refractivity contribution in [2.75, 3.05) is 6.54 Å². The normalized spacial score (nSPS) is 20.6. The molecule has 1 rings (SSSR count). The summed E-state index contributed by atoms with van der Waals surface area (Å²) in [6.07, 6.45) is 4.51. The molecule has 3 N–H and O–H groups in total. The van der Waals surface area contributed by atoms with Gasteiger partial charge in [-0.2, -0.15) is 0 Å². The molecule has 0 bridgehead atoms. The molecule has 0 amide bonds. The molecule has 0 radical (unpaired) electrons. The molecular weight excluding hydrogens is 210 g/mol. The van der Waals surface area contributed by atoms with Crippen LogP contribution in [0.3, 0.4) is 0 Å². The minimum absolute atomic E-state index is 0.279. The Labute approximate surface area is 95.2 Å². The van der Waals surface area contributed by atoms with E-state index in [9.17, 15) is 9.59 Å². The van der Waals surface area contributed by atoms with Gasteiger partial charge in [0.25, 0.3) is 0 Å². The van der Waals surface area contributed by atoms with Gasteiger partial charge in [0, 0.05) is 5.57 Å².